The maximum atomic E-state index is 13.3. The van der Waals surface area contributed by atoms with Crippen LogP contribution in [0.3, 0.4) is 0 Å². The number of aryl methyl sites for hydroxylation is 1. The number of hydrogen-bond donors (Lipinski definition) is 1. The Bertz CT molecular complexity index is 1480. The van der Waals surface area contributed by atoms with Crippen LogP contribution < -0.4 is 10.9 Å². The Morgan fingerprint density at radius 3 is 2.73 bits per heavy atom. The number of amides is 1. The van der Waals surface area contributed by atoms with Crippen LogP contribution in [0.25, 0.3) is 16.6 Å². The molecule has 0 spiro atoms. The molecule has 164 valence electrons. The predicted octanol–water partition coefficient (Wildman–Crippen LogP) is 4.90. The van der Waals surface area contributed by atoms with E-state index < -0.39 is 0 Å². The lowest BCUT2D eigenvalue weighted by atomic mass is 9.99. The van der Waals surface area contributed by atoms with E-state index in [1.165, 1.54) is 16.3 Å². The van der Waals surface area contributed by atoms with E-state index in [1.807, 2.05) is 12.1 Å². The molecule has 0 radical (unpaired) electrons. The van der Waals surface area contributed by atoms with Crippen LogP contribution in [0, 0.1) is 0 Å². The van der Waals surface area contributed by atoms with Crippen LogP contribution in [0.4, 0.5) is 5.69 Å². The third-order valence-corrected chi connectivity index (χ3v) is 6.64. The van der Waals surface area contributed by atoms with Gasteiger partial charge in [-0.25, -0.2) is 4.98 Å². The summed E-state index contributed by atoms with van der Waals surface area (Å²) in [7, 11) is 0. The molecule has 1 amide bonds. The lowest BCUT2D eigenvalue weighted by Gasteiger charge is -2.17. The molecule has 0 unspecified atom stereocenters. The Balaban J connectivity index is 1.49. The smallest absolute Gasteiger partial charge is 0.266 e. The first-order chi connectivity index (χ1) is 16.0. The number of benzene rings is 3. The highest BCUT2D eigenvalue weighted by Gasteiger charge is 2.19. The molecule has 8 heteroatoms. The molecule has 6 nitrogen and oxygen atoms in total. The van der Waals surface area contributed by atoms with E-state index in [9.17, 15) is 14.4 Å². The molecule has 4 aromatic rings. The van der Waals surface area contributed by atoms with Gasteiger partial charge < -0.3 is 5.32 Å². The molecule has 0 saturated carbocycles. The van der Waals surface area contributed by atoms with E-state index in [0.717, 1.165) is 11.3 Å². The van der Waals surface area contributed by atoms with Crippen LogP contribution in [-0.2, 0) is 11.2 Å². The van der Waals surface area contributed by atoms with E-state index in [1.54, 1.807) is 54.6 Å². The number of Topliss-reactive ketones (excluding diaryl/α,β-unsaturated/α-hetero) is 1. The number of rotatable bonds is 5. The molecule has 0 fully saturated rings. The second kappa shape index (κ2) is 8.84. The largest absolute Gasteiger partial charge is 0.326 e. The van der Waals surface area contributed by atoms with Gasteiger partial charge in [0.2, 0.25) is 5.91 Å². The highest BCUT2D eigenvalue weighted by molar-refractivity contribution is 7.99. The van der Waals surface area contributed by atoms with Crippen molar-refractivity contribution < 1.29 is 9.59 Å². The molecule has 1 aliphatic rings. The normalized spacial score (nSPS) is 12.9. The number of fused-ring (bicyclic) bond motifs is 2. The van der Waals surface area contributed by atoms with Crippen LogP contribution in [0.1, 0.15) is 22.3 Å². The summed E-state index contributed by atoms with van der Waals surface area (Å²) >= 11 is 7.38. The highest BCUT2D eigenvalue weighted by atomic mass is 35.5. The molecular formula is C25H18ClN3O3S. The van der Waals surface area contributed by atoms with E-state index in [0.29, 0.717) is 45.2 Å². The number of carbonyl (C=O) groups is 2. The maximum Gasteiger partial charge on any atom is 0.266 e. The molecule has 1 N–H and O–H groups in total. The third-order valence-electron chi connectivity index (χ3n) is 5.47. The van der Waals surface area contributed by atoms with Gasteiger partial charge in [-0.1, -0.05) is 41.6 Å². The minimum Gasteiger partial charge on any atom is -0.326 e. The molecule has 1 aromatic heterocycles. The van der Waals surface area contributed by atoms with Gasteiger partial charge in [-0.2, -0.15) is 0 Å². The van der Waals surface area contributed by atoms with Crippen molar-refractivity contribution in [2.75, 3.05) is 11.1 Å². The molecule has 2 heterocycles. The van der Waals surface area contributed by atoms with E-state index in [2.05, 4.69) is 10.3 Å². The number of hydrogen-bond acceptors (Lipinski definition) is 5. The van der Waals surface area contributed by atoms with Crippen molar-refractivity contribution in [3.05, 3.63) is 93.2 Å². The molecule has 33 heavy (non-hydrogen) atoms. The van der Waals surface area contributed by atoms with Gasteiger partial charge in [-0.15, -0.1) is 0 Å². The van der Waals surface area contributed by atoms with Crippen LogP contribution in [-0.4, -0.2) is 27.0 Å². The number of thioether (sulfide) groups is 1. The summed E-state index contributed by atoms with van der Waals surface area (Å²) in [5.41, 5.74) is 3.20. The van der Waals surface area contributed by atoms with Gasteiger partial charge in [0.25, 0.3) is 5.56 Å². The zero-order valence-corrected chi connectivity index (χ0v) is 18.9. The summed E-state index contributed by atoms with van der Waals surface area (Å²) in [6, 6.07) is 19.4. The summed E-state index contributed by atoms with van der Waals surface area (Å²) in [4.78, 5) is 42.5. The number of anilines is 1. The first-order valence-electron chi connectivity index (χ1n) is 10.4. The van der Waals surface area contributed by atoms with Crippen LogP contribution in [0.2, 0.25) is 5.02 Å². The fourth-order valence-corrected chi connectivity index (χ4v) is 4.91. The summed E-state index contributed by atoms with van der Waals surface area (Å²) < 4.78 is 1.49. The van der Waals surface area contributed by atoms with Gasteiger partial charge in [0, 0.05) is 22.7 Å². The summed E-state index contributed by atoms with van der Waals surface area (Å²) in [6.07, 6.45) is 1.02. The first-order valence-corrected chi connectivity index (χ1v) is 11.7. The standard InChI is InChI=1S/C25H18ClN3O3S/c26-17-4-3-5-18(13-17)29-24(32)19-6-1-2-7-21(19)28-25(29)33-14-22(30)16-8-10-20-15(12-16)9-11-23(31)27-20/h1-8,10,12-13H,9,11,14H2,(H,27,31). The summed E-state index contributed by atoms with van der Waals surface area (Å²) in [6.45, 7) is 0. The minimum absolute atomic E-state index is 0.0153. The average Bonchev–Trinajstić information content (AvgIpc) is 2.82. The van der Waals surface area contributed by atoms with Gasteiger partial charge in [0.1, 0.15) is 0 Å². The SMILES string of the molecule is O=C1CCc2cc(C(=O)CSc3nc4ccccc4c(=O)n3-c3cccc(Cl)c3)ccc2N1. The molecule has 0 aliphatic carbocycles. The zero-order valence-electron chi connectivity index (χ0n) is 17.4. The Hall–Kier alpha value is -3.42. The van der Waals surface area contributed by atoms with Crippen LogP contribution in [0.15, 0.2) is 76.7 Å². The van der Waals surface area contributed by atoms with Crippen molar-refractivity contribution in [2.24, 2.45) is 0 Å². The van der Waals surface area contributed by atoms with E-state index >= 15 is 0 Å². The van der Waals surface area contributed by atoms with Gasteiger partial charge in [0.15, 0.2) is 10.9 Å². The fraction of sp³-hybridized carbons (Fsp3) is 0.120. The summed E-state index contributed by atoms with van der Waals surface area (Å²) in [5.74, 6) is 0.00879. The molecule has 0 saturated heterocycles. The van der Waals surface area contributed by atoms with Crippen molar-refractivity contribution in [1.82, 2.24) is 9.55 Å². The fourth-order valence-electron chi connectivity index (χ4n) is 3.82. The molecule has 1 aliphatic heterocycles. The van der Waals surface area contributed by atoms with Crippen molar-refractivity contribution in [3.8, 4) is 5.69 Å². The van der Waals surface area contributed by atoms with Gasteiger partial charge in [0.05, 0.1) is 22.3 Å². The average molecular weight is 476 g/mol. The van der Waals surface area contributed by atoms with Gasteiger partial charge in [-0.05, 0) is 60.5 Å². The van der Waals surface area contributed by atoms with Crippen molar-refractivity contribution in [1.29, 1.82) is 0 Å². The second-order valence-electron chi connectivity index (χ2n) is 7.66. The Morgan fingerprint density at radius 2 is 1.88 bits per heavy atom. The second-order valence-corrected chi connectivity index (χ2v) is 9.04. The van der Waals surface area contributed by atoms with Gasteiger partial charge in [-0.3, -0.25) is 19.0 Å². The van der Waals surface area contributed by atoms with Gasteiger partial charge >= 0.3 is 0 Å². The van der Waals surface area contributed by atoms with Crippen molar-refractivity contribution in [2.45, 2.75) is 18.0 Å². The van der Waals surface area contributed by atoms with Crippen LogP contribution in [0.5, 0.6) is 0 Å². The Labute approximate surface area is 198 Å². The van der Waals surface area contributed by atoms with E-state index in [4.69, 9.17) is 11.6 Å². The zero-order chi connectivity index (χ0) is 22.9. The summed E-state index contributed by atoms with van der Waals surface area (Å²) in [5, 5.41) is 4.23. The minimum atomic E-state index is -0.220. The number of carbonyl (C=O) groups excluding carboxylic acids is 2. The number of ketones is 1. The van der Waals surface area contributed by atoms with Crippen molar-refractivity contribution >= 4 is 51.6 Å². The predicted molar refractivity (Wildman–Crippen MR) is 131 cm³/mol. The quantitative estimate of drug-likeness (QED) is 0.252. The highest BCUT2D eigenvalue weighted by Crippen LogP contribution is 2.26. The number of aromatic nitrogens is 2. The number of nitrogens with one attached hydrogen (secondary N) is 1. The first kappa shape index (κ1) is 21.4. The van der Waals surface area contributed by atoms with Crippen molar-refractivity contribution in [3.63, 3.8) is 0 Å². The number of para-hydroxylation sites is 1. The Kier molecular flexibility index (Phi) is 5.74. The molecule has 3 aromatic carbocycles. The topological polar surface area (TPSA) is 81.1 Å². The lowest BCUT2D eigenvalue weighted by molar-refractivity contribution is -0.116. The molecule has 0 bridgehead atoms. The third kappa shape index (κ3) is 4.29. The number of nitrogens with zero attached hydrogens (tertiary/aromatic N) is 2. The molecule has 5 rings (SSSR count). The lowest BCUT2D eigenvalue weighted by Crippen LogP contribution is -2.22. The Morgan fingerprint density at radius 1 is 1.03 bits per heavy atom. The maximum absolute atomic E-state index is 13.3. The monoisotopic (exact) mass is 475 g/mol. The number of halogens is 1. The molecular weight excluding hydrogens is 458 g/mol. The van der Waals surface area contributed by atoms with Crippen LogP contribution >= 0.6 is 23.4 Å². The van der Waals surface area contributed by atoms with E-state index in [-0.39, 0.29) is 23.0 Å². The molecule has 0 atom stereocenters.